The number of aromatic nitrogens is 2. The molecule has 2 aliphatic heterocycles. The normalized spacial score (nSPS) is 19.6. The van der Waals surface area contributed by atoms with Crippen LogP contribution in [0.25, 0.3) is 0 Å². The van der Waals surface area contributed by atoms with Gasteiger partial charge in [0, 0.05) is 17.4 Å². The van der Waals surface area contributed by atoms with E-state index in [9.17, 15) is 4.79 Å². The van der Waals surface area contributed by atoms with Crippen LogP contribution in [0.3, 0.4) is 0 Å². The summed E-state index contributed by atoms with van der Waals surface area (Å²) < 4.78 is 6.90. The van der Waals surface area contributed by atoms with Crippen LogP contribution in [0.2, 0.25) is 0 Å². The van der Waals surface area contributed by atoms with E-state index in [1.54, 1.807) is 11.8 Å². The fraction of sp³-hybridized carbons (Fsp3) is 0.682. The summed E-state index contributed by atoms with van der Waals surface area (Å²) in [5, 5.41) is 7.14. The van der Waals surface area contributed by atoms with Gasteiger partial charge in [-0.1, -0.05) is 32.1 Å². The van der Waals surface area contributed by atoms with Crippen molar-refractivity contribution in [2.45, 2.75) is 67.9 Å². The van der Waals surface area contributed by atoms with E-state index >= 15 is 0 Å². The van der Waals surface area contributed by atoms with E-state index in [0.717, 1.165) is 54.9 Å². The van der Waals surface area contributed by atoms with Gasteiger partial charge >= 0.3 is 0 Å². The minimum absolute atomic E-state index is 0.0401. The summed E-state index contributed by atoms with van der Waals surface area (Å²) in [5.74, 6) is 2.46. The summed E-state index contributed by atoms with van der Waals surface area (Å²) in [6.45, 7) is 10.6. The third-order valence-electron chi connectivity index (χ3n) is 6.07. The monoisotopic (exact) mass is 463 g/mol. The molecule has 0 aliphatic carbocycles. The van der Waals surface area contributed by atoms with Gasteiger partial charge in [0.1, 0.15) is 5.76 Å². The van der Waals surface area contributed by atoms with Crippen molar-refractivity contribution in [3.63, 3.8) is 0 Å². The highest BCUT2D eigenvalue weighted by molar-refractivity contribution is 8.00. The molecule has 0 bridgehead atoms. The molecule has 0 aromatic carbocycles. The number of oxazole rings is 1. The fourth-order valence-electron chi connectivity index (χ4n) is 4.15. The van der Waals surface area contributed by atoms with Crippen LogP contribution in [0, 0.1) is 5.92 Å². The standard InChI is InChI=1S/C22H33N5O2S2/c1-22(2,3)17-12-24-18(29-17)14-30-19-13-25-21(31-19)26-20(28)15-6-10-27(11-7-15)16-4-8-23-9-5-16/h12-13,15-16,23H,4-11,14H2,1-3H3,(H,25,26,28). The van der Waals surface area contributed by atoms with Crippen molar-refractivity contribution in [1.29, 1.82) is 0 Å². The molecule has 0 radical (unpaired) electrons. The Hall–Kier alpha value is -1.42. The van der Waals surface area contributed by atoms with Crippen molar-refractivity contribution in [3.05, 3.63) is 24.0 Å². The second-order valence-electron chi connectivity index (χ2n) is 9.42. The summed E-state index contributed by atoms with van der Waals surface area (Å²) in [5.41, 5.74) is -0.0401. The van der Waals surface area contributed by atoms with Crippen molar-refractivity contribution < 1.29 is 9.21 Å². The zero-order chi connectivity index (χ0) is 21.8. The number of piperidine rings is 2. The first-order valence-corrected chi connectivity index (χ1v) is 13.0. The molecule has 4 heterocycles. The molecule has 2 N–H and O–H groups in total. The maximum absolute atomic E-state index is 12.7. The highest BCUT2D eigenvalue weighted by Crippen LogP contribution is 2.32. The Balaban J connectivity index is 1.22. The van der Waals surface area contributed by atoms with Gasteiger partial charge in [-0.2, -0.15) is 0 Å². The van der Waals surface area contributed by atoms with E-state index in [4.69, 9.17) is 4.42 Å². The van der Waals surface area contributed by atoms with Crippen molar-refractivity contribution in [2.75, 3.05) is 31.5 Å². The number of thiazole rings is 1. The minimum atomic E-state index is -0.0401. The Kier molecular flexibility index (Phi) is 7.36. The van der Waals surface area contributed by atoms with Crippen LogP contribution in [-0.2, 0) is 16.0 Å². The lowest BCUT2D eigenvalue weighted by molar-refractivity contribution is -0.121. The number of carbonyl (C=O) groups excluding carboxylic acids is 1. The molecule has 2 aliphatic rings. The van der Waals surface area contributed by atoms with Crippen molar-refractivity contribution in [1.82, 2.24) is 20.2 Å². The number of thioether (sulfide) groups is 1. The number of rotatable bonds is 6. The van der Waals surface area contributed by atoms with Gasteiger partial charge in [0.25, 0.3) is 0 Å². The Morgan fingerprint density at radius 2 is 1.97 bits per heavy atom. The number of hydrogen-bond donors (Lipinski definition) is 2. The molecule has 0 atom stereocenters. The van der Waals surface area contributed by atoms with Crippen LogP contribution in [0.4, 0.5) is 5.13 Å². The summed E-state index contributed by atoms with van der Waals surface area (Å²) in [7, 11) is 0. The number of nitrogens with one attached hydrogen (secondary N) is 2. The number of nitrogens with zero attached hydrogens (tertiary/aromatic N) is 3. The van der Waals surface area contributed by atoms with Crippen LogP contribution < -0.4 is 10.6 Å². The number of carbonyl (C=O) groups is 1. The molecule has 2 aromatic rings. The molecule has 2 fully saturated rings. The molecule has 9 heteroatoms. The highest BCUT2D eigenvalue weighted by Gasteiger charge is 2.29. The van der Waals surface area contributed by atoms with E-state index in [2.05, 4.69) is 46.3 Å². The minimum Gasteiger partial charge on any atom is -0.444 e. The van der Waals surface area contributed by atoms with Gasteiger partial charge in [-0.25, -0.2) is 9.97 Å². The SMILES string of the molecule is CC(C)(C)c1cnc(CSc2cnc(NC(=O)C3CCN(C4CCNCC4)CC3)s2)o1. The summed E-state index contributed by atoms with van der Waals surface area (Å²) in [6, 6.07) is 0.687. The zero-order valence-corrected chi connectivity index (χ0v) is 20.3. The smallest absolute Gasteiger partial charge is 0.229 e. The lowest BCUT2D eigenvalue weighted by Crippen LogP contribution is -2.47. The summed E-state index contributed by atoms with van der Waals surface area (Å²) >= 11 is 3.15. The third-order valence-corrected chi connectivity index (χ3v) is 8.16. The highest BCUT2D eigenvalue weighted by atomic mass is 32.2. The number of anilines is 1. The molecule has 31 heavy (non-hydrogen) atoms. The van der Waals surface area contributed by atoms with Gasteiger partial charge in [-0.15, -0.1) is 11.8 Å². The number of hydrogen-bond acceptors (Lipinski definition) is 8. The Bertz CT molecular complexity index is 861. The third kappa shape index (κ3) is 6.09. The Morgan fingerprint density at radius 1 is 1.23 bits per heavy atom. The molecule has 2 saturated heterocycles. The summed E-state index contributed by atoms with van der Waals surface area (Å²) in [6.07, 6.45) is 7.94. The molecule has 170 valence electrons. The Labute approximate surface area is 192 Å². The van der Waals surface area contributed by atoms with Gasteiger partial charge in [0.15, 0.2) is 5.13 Å². The van der Waals surface area contributed by atoms with E-state index in [1.165, 1.54) is 24.2 Å². The maximum atomic E-state index is 12.7. The maximum Gasteiger partial charge on any atom is 0.229 e. The average molecular weight is 464 g/mol. The first-order valence-electron chi connectivity index (χ1n) is 11.2. The first kappa shape index (κ1) is 22.8. The molecule has 1 amide bonds. The first-order chi connectivity index (χ1) is 14.9. The van der Waals surface area contributed by atoms with E-state index in [1.807, 2.05) is 12.4 Å². The van der Waals surface area contributed by atoms with Crippen LogP contribution in [0.15, 0.2) is 21.0 Å². The van der Waals surface area contributed by atoms with Gasteiger partial charge < -0.3 is 20.0 Å². The van der Waals surface area contributed by atoms with Gasteiger partial charge in [-0.05, 0) is 51.9 Å². The molecule has 4 rings (SSSR count). The molecular formula is C22H33N5O2S2. The molecule has 0 unspecified atom stereocenters. The largest absolute Gasteiger partial charge is 0.444 e. The Morgan fingerprint density at radius 3 is 2.65 bits per heavy atom. The van der Waals surface area contributed by atoms with Crippen LogP contribution >= 0.6 is 23.1 Å². The zero-order valence-electron chi connectivity index (χ0n) is 18.6. The van der Waals surface area contributed by atoms with Crippen LogP contribution in [0.5, 0.6) is 0 Å². The topological polar surface area (TPSA) is 83.3 Å². The predicted molar refractivity (Wildman–Crippen MR) is 126 cm³/mol. The van der Waals surface area contributed by atoms with E-state index < -0.39 is 0 Å². The predicted octanol–water partition coefficient (Wildman–Crippen LogP) is 4.12. The lowest BCUT2D eigenvalue weighted by atomic mass is 9.93. The van der Waals surface area contributed by atoms with E-state index in [0.29, 0.717) is 16.9 Å². The van der Waals surface area contributed by atoms with Crippen molar-refractivity contribution in [2.24, 2.45) is 5.92 Å². The van der Waals surface area contributed by atoms with E-state index in [-0.39, 0.29) is 17.2 Å². The second-order valence-corrected chi connectivity index (χ2v) is 11.7. The van der Waals surface area contributed by atoms with Gasteiger partial charge in [0.05, 0.1) is 22.4 Å². The van der Waals surface area contributed by atoms with Crippen molar-refractivity contribution in [3.8, 4) is 0 Å². The molecule has 0 spiro atoms. The van der Waals surface area contributed by atoms with Crippen LogP contribution in [0.1, 0.15) is 58.1 Å². The number of amides is 1. The quantitative estimate of drug-likeness (QED) is 0.624. The second kappa shape index (κ2) is 10.0. The van der Waals surface area contributed by atoms with Crippen molar-refractivity contribution >= 4 is 34.1 Å². The van der Waals surface area contributed by atoms with Gasteiger partial charge in [-0.3, -0.25) is 4.79 Å². The molecule has 0 saturated carbocycles. The van der Waals surface area contributed by atoms with Gasteiger partial charge in [0.2, 0.25) is 11.8 Å². The fourth-order valence-corrected chi connectivity index (χ4v) is 5.88. The lowest BCUT2D eigenvalue weighted by Gasteiger charge is -2.39. The molecule has 2 aromatic heterocycles. The van der Waals surface area contributed by atoms with Crippen LogP contribution in [-0.4, -0.2) is 53.0 Å². The molecular weight excluding hydrogens is 430 g/mol. The average Bonchev–Trinajstić information content (AvgIpc) is 3.42. The molecule has 7 nitrogen and oxygen atoms in total. The number of likely N-dealkylation sites (tertiary alicyclic amines) is 1. The summed E-state index contributed by atoms with van der Waals surface area (Å²) in [4.78, 5) is 24.1.